The normalized spacial score (nSPS) is 19.0. The summed E-state index contributed by atoms with van der Waals surface area (Å²) in [6.45, 7) is 6.84. The molecule has 1 unspecified atom stereocenters. The van der Waals surface area contributed by atoms with Gasteiger partial charge in [-0.05, 0) is 30.6 Å². The predicted octanol–water partition coefficient (Wildman–Crippen LogP) is 2.77. The summed E-state index contributed by atoms with van der Waals surface area (Å²) in [7, 11) is -3.33. The number of nitrogens with zero attached hydrogens (tertiary/aromatic N) is 2. The molecule has 2 heterocycles. The van der Waals surface area contributed by atoms with Gasteiger partial charge in [-0.3, -0.25) is 9.20 Å². The molecule has 2 aromatic rings. The molecule has 0 fully saturated rings. The molecule has 0 bridgehead atoms. The maximum Gasteiger partial charge on any atom is 0.197 e. The third-order valence-electron chi connectivity index (χ3n) is 4.57. The number of fused-ring (bicyclic) bond motifs is 3. The van der Waals surface area contributed by atoms with Crippen LogP contribution in [0.5, 0.6) is 0 Å². The smallest absolute Gasteiger partial charge is 0.197 e. The van der Waals surface area contributed by atoms with Crippen molar-refractivity contribution >= 4 is 31.9 Å². The van der Waals surface area contributed by atoms with Crippen LogP contribution in [-0.4, -0.2) is 35.6 Å². The third-order valence-corrected chi connectivity index (χ3v) is 6.47. The molecule has 0 aromatic carbocycles. The van der Waals surface area contributed by atoms with Crippen LogP contribution in [0.2, 0.25) is 0 Å². The third kappa shape index (κ3) is 3.35. The molecule has 1 aliphatic rings. The monoisotopic (exact) mass is 354 g/mol. The van der Waals surface area contributed by atoms with Gasteiger partial charge in [0.05, 0.1) is 0 Å². The van der Waals surface area contributed by atoms with Crippen LogP contribution in [-0.2, 0) is 22.7 Å². The fourth-order valence-corrected chi connectivity index (χ4v) is 5.03. The van der Waals surface area contributed by atoms with E-state index in [9.17, 15) is 13.2 Å². The first-order valence-electron chi connectivity index (χ1n) is 7.75. The van der Waals surface area contributed by atoms with Crippen LogP contribution in [0, 0.1) is 11.3 Å². The summed E-state index contributed by atoms with van der Waals surface area (Å²) in [5, 5.41) is 0. The van der Waals surface area contributed by atoms with Crippen molar-refractivity contribution in [3.05, 3.63) is 22.5 Å². The summed E-state index contributed by atoms with van der Waals surface area (Å²) >= 11 is 1.63. The van der Waals surface area contributed by atoms with Crippen molar-refractivity contribution in [2.45, 2.75) is 40.0 Å². The average Bonchev–Trinajstić information content (AvgIpc) is 2.91. The van der Waals surface area contributed by atoms with E-state index in [4.69, 9.17) is 0 Å². The van der Waals surface area contributed by atoms with Gasteiger partial charge < -0.3 is 0 Å². The quantitative estimate of drug-likeness (QED) is 0.795. The molecule has 1 aliphatic carbocycles. The van der Waals surface area contributed by atoms with Crippen LogP contribution >= 0.6 is 11.3 Å². The number of hydrogen-bond acceptors (Lipinski definition) is 5. The molecular formula is C16H22N2O3S2. The first-order valence-corrected chi connectivity index (χ1v) is 10.6. The molecule has 0 saturated heterocycles. The van der Waals surface area contributed by atoms with Gasteiger partial charge in [-0.15, -0.1) is 11.3 Å². The zero-order valence-corrected chi connectivity index (χ0v) is 15.6. The van der Waals surface area contributed by atoms with E-state index in [2.05, 4.69) is 25.8 Å². The number of carbonyl (C=O) groups is 1. The van der Waals surface area contributed by atoms with Gasteiger partial charge in [0, 0.05) is 23.0 Å². The largest absolute Gasteiger partial charge is 0.294 e. The van der Waals surface area contributed by atoms with Crippen LogP contribution in [0.4, 0.5) is 0 Å². The van der Waals surface area contributed by atoms with Crippen molar-refractivity contribution in [1.29, 1.82) is 0 Å². The highest BCUT2D eigenvalue weighted by Gasteiger charge is 2.31. The van der Waals surface area contributed by atoms with Gasteiger partial charge in [-0.1, -0.05) is 20.8 Å². The lowest BCUT2D eigenvalue weighted by Gasteiger charge is -2.33. The zero-order chi connectivity index (χ0) is 17.0. The molecule has 0 N–H and O–H groups in total. The number of Topliss-reactive ketones (excluding diaryl/α,β-unsaturated/α-hetero) is 1. The van der Waals surface area contributed by atoms with E-state index in [1.54, 1.807) is 17.5 Å². The molecule has 0 radical (unpaired) electrons. The number of rotatable bonds is 3. The number of thiazole rings is 1. The number of hydrogen-bond donors (Lipinski definition) is 0. The second-order valence-corrected chi connectivity index (χ2v) is 10.8. The van der Waals surface area contributed by atoms with E-state index >= 15 is 0 Å². The van der Waals surface area contributed by atoms with E-state index in [0.717, 1.165) is 30.5 Å². The highest BCUT2D eigenvalue weighted by molar-refractivity contribution is 7.91. The Hall–Kier alpha value is -1.21. The minimum atomic E-state index is -3.33. The Balaban J connectivity index is 1.91. The molecule has 7 heteroatoms. The van der Waals surface area contributed by atoms with E-state index in [0.29, 0.717) is 11.3 Å². The number of aromatic nitrogens is 2. The second-order valence-electron chi connectivity index (χ2n) is 7.55. The fourth-order valence-electron chi connectivity index (χ4n) is 3.17. The molecule has 1 atom stereocenters. The van der Waals surface area contributed by atoms with Crippen molar-refractivity contribution < 1.29 is 13.2 Å². The molecule has 3 rings (SSSR count). The lowest BCUT2D eigenvalue weighted by atomic mass is 9.73. The van der Waals surface area contributed by atoms with E-state index in [1.165, 1.54) is 10.6 Å². The number of imidazole rings is 1. The Labute approximate surface area is 140 Å². The van der Waals surface area contributed by atoms with Crippen molar-refractivity contribution in [1.82, 2.24) is 9.38 Å². The van der Waals surface area contributed by atoms with Crippen molar-refractivity contribution in [3.63, 3.8) is 0 Å². The SMILES string of the molecule is CC(C)(C)C1CCc2c(sc3nc(C(=O)CS(C)(=O)=O)cn23)C1. The first-order chi connectivity index (χ1) is 10.5. The summed E-state index contributed by atoms with van der Waals surface area (Å²) in [4.78, 5) is 18.5. The Bertz CT molecular complexity index is 869. The minimum absolute atomic E-state index is 0.252. The fraction of sp³-hybridized carbons (Fsp3) is 0.625. The van der Waals surface area contributed by atoms with Crippen LogP contribution < -0.4 is 0 Å². The van der Waals surface area contributed by atoms with Gasteiger partial charge in [-0.25, -0.2) is 13.4 Å². The lowest BCUT2D eigenvalue weighted by Crippen LogP contribution is -2.26. The van der Waals surface area contributed by atoms with Crippen LogP contribution in [0.3, 0.4) is 0 Å². The Morgan fingerprint density at radius 3 is 2.74 bits per heavy atom. The first kappa shape index (κ1) is 16.6. The molecule has 0 aliphatic heterocycles. The average molecular weight is 354 g/mol. The van der Waals surface area contributed by atoms with Gasteiger partial charge >= 0.3 is 0 Å². The Kier molecular flexibility index (Phi) is 3.92. The standard InChI is InChI=1S/C16H22N2O3S2/c1-16(2,3)10-5-6-12-14(7-10)22-15-17-11(8-18(12)15)13(19)9-23(4,20)21/h8,10H,5-7,9H2,1-4H3. The summed E-state index contributed by atoms with van der Waals surface area (Å²) in [6, 6.07) is 0. The number of carbonyl (C=O) groups excluding carboxylic acids is 1. The van der Waals surface area contributed by atoms with Crippen LogP contribution in [0.1, 0.15) is 48.3 Å². The molecule has 0 spiro atoms. The van der Waals surface area contributed by atoms with E-state index in [1.807, 2.05) is 4.40 Å². The number of aryl methyl sites for hydroxylation is 1. The number of ketones is 1. The van der Waals surface area contributed by atoms with E-state index < -0.39 is 21.4 Å². The molecule has 0 saturated carbocycles. The molecule has 2 aromatic heterocycles. The molecule has 5 nitrogen and oxygen atoms in total. The van der Waals surface area contributed by atoms with Crippen molar-refractivity contribution in [2.24, 2.45) is 11.3 Å². The Morgan fingerprint density at radius 1 is 1.43 bits per heavy atom. The van der Waals surface area contributed by atoms with Gasteiger partial charge in [-0.2, -0.15) is 0 Å². The Morgan fingerprint density at radius 2 is 2.13 bits per heavy atom. The van der Waals surface area contributed by atoms with Crippen LogP contribution in [0.25, 0.3) is 4.96 Å². The van der Waals surface area contributed by atoms with Crippen molar-refractivity contribution in [3.8, 4) is 0 Å². The van der Waals surface area contributed by atoms with Gasteiger partial charge in [0.15, 0.2) is 20.6 Å². The second kappa shape index (κ2) is 5.41. The number of sulfone groups is 1. The predicted molar refractivity (Wildman–Crippen MR) is 92.1 cm³/mol. The van der Waals surface area contributed by atoms with E-state index in [-0.39, 0.29) is 5.69 Å². The summed E-state index contributed by atoms with van der Waals surface area (Å²) in [5.41, 5.74) is 1.78. The van der Waals surface area contributed by atoms with Gasteiger partial charge in [0.1, 0.15) is 11.4 Å². The van der Waals surface area contributed by atoms with Gasteiger partial charge in [0.2, 0.25) is 0 Å². The summed E-state index contributed by atoms with van der Waals surface area (Å²) < 4.78 is 24.5. The highest BCUT2D eigenvalue weighted by Crippen LogP contribution is 2.40. The maximum atomic E-state index is 12.0. The molecule has 0 amide bonds. The topological polar surface area (TPSA) is 68.5 Å². The van der Waals surface area contributed by atoms with Gasteiger partial charge in [0.25, 0.3) is 0 Å². The minimum Gasteiger partial charge on any atom is -0.294 e. The summed E-state index contributed by atoms with van der Waals surface area (Å²) in [5.74, 6) is -0.253. The molecule has 126 valence electrons. The molecule has 23 heavy (non-hydrogen) atoms. The maximum absolute atomic E-state index is 12.0. The highest BCUT2D eigenvalue weighted by atomic mass is 32.2. The van der Waals surface area contributed by atoms with Crippen LogP contribution in [0.15, 0.2) is 6.20 Å². The molecular weight excluding hydrogens is 332 g/mol. The zero-order valence-electron chi connectivity index (χ0n) is 13.9. The lowest BCUT2D eigenvalue weighted by molar-refractivity contribution is 0.101. The van der Waals surface area contributed by atoms with Crippen molar-refractivity contribution in [2.75, 3.05) is 12.0 Å². The summed E-state index contributed by atoms with van der Waals surface area (Å²) in [6.07, 6.45) is 5.94.